The van der Waals surface area contributed by atoms with E-state index in [0.717, 1.165) is 31.9 Å². The first-order valence-corrected chi connectivity index (χ1v) is 12.4. The molecule has 0 radical (unpaired) electrons. The fourth-order valence-electron chi connectivity index (χ4n) is 2.40. The third kappa shape index (κ3) is 16.6. The van der Waals surface area contributed by atoms with Crippen LogP contribution in [0.1, 0.15) is 47.0 Å². The summed E-state index contributed by atoms with van der Waals surface area (Å²) in [5.74, 6) is 0. The topological polar surface area (TPSA) is 64.6 Å². The zero-order chi connectivity index (χ0) is 20.1. The molecule has 164 valence electrons. The van der Waals surface area contributed by atoms with Gasteiger partial charge in [0.1, 0.15) is 0 Å². The first-order chi connectivity index (χ1) is 13.2. The van der Waals surface area contributed by atoms with Crippen molar-refractivity contribution < 1.29 is 32.2 Å². The molecular formula is C19H42O7Si. The van der Waals surface area contributed by atoms with Crippen LogP contribution >= 0.6 is 0 Å². The highest BCUT2D eigenvalue weighted by atomic mass is 28.4. The number of ether oxygens (including phenoxy) is 4. The van der Waals surface area contributed by atoms with Gasteiger partial charge in [0.05, 0.1) is 39.6 Å². The maximum atomic E-state index is 5.82. The van der Waals surface area contributed by atoms with Crippen molar-refractivity contribution in [3.63, 3.8) is 0 Å². The van der Waals surface area contributed by atoms with E-state index in [1.807, 2.05) is 20.8 Å². The van der Waals surface area contributed by atoms with E-state index in [9.17, 15) is 0 Å². The lowest BCUT2D eigenvalue weighted by molar-refractivity contribution is -0.00252. The van der Waals surface area contributed by atoms with E-state index >= 15 is 0 Å². The highest BCUT2D eigenvalue weighted by Gasteiger charge is 2.39. The maximum absolute atomic E-state index is 5.82. The predicted molar refractivity (Wildman–Crippen MR) is 108 cm³/mol. The minimum atomic E-state index is -2.54. The average Bonchev–Trinajstić information content (AvgIpc) is 2.65. The Morgan fingerprint density at radius 3 is 1.22 bits per heavy atom. The van der Waals surface area contributed by atoms with Crippen molar-refractivity contribution in [2.75, 3.05) is 72.7 Å². The lowest BCUT2D eigenvalue weighted by atomic mass is 10.4. The molecule has 0 aliphatic carbocycles. The predicted octanol–water partition coefficient (Wildman–Crippen LogP) is 3.29. The molecule has 0 fully saturated rings. The van der Waals surface area contributed by atoms with Crippen LogP contribution in [-0.4, -0.2) is 81.5 Å². The van der Waals surface area contributed by atoms with Crippen LogP contribution in [0.4, 0.5) is 0 Å². The van der Waals surface area contributed by atoms with E-state index in [-0.39, 0.29) is 0 Å². The summed E-state index contributed by atoms with van der Waals surface area (Å²) in [5.41, 5.74) is 0. The van der Waals surface area contributed by atoms with Crippen LogP contribution in [-0.2, 0) is 32.2 Å². The SMILES string of the molecule is CCCCOCCOCCOCCOCCC[Si](OCC)(OCC)OCC. The van der Waals surface area contributed by atoms with Crippen LogP contribution < -0.4 is 0 Å². The van der Waals surface area contributed by atoms with E-state index < -0.39 is 8.80 Å². The van der Waals surface area contributed by atoms with Crippen molar-refractivity contribution in [2.45, 2.75) is 53.0 Å². The van der Waals surface area contributed by atoms with Crippen LogP contribution in [0.3, 0.4) is 0 Å². The Balaban J connectivity index is 3.49. The third-order valence-corrected chi connectivity index (χ3v) is 6.77. The Labute approximate surface area is 167 Å². The monoisotopic (exact) mass is 410 g/mol. The Bertz CT molecular complexity index is 278. The van der Waals surface area contributed by atoms with Gasteiger partial charge in [-0.15, -0.1) is 0 Å². The van der Waals surface area contributed by atoms with E-state index in [1.165, 1.54) is 0 Å². The van der Waals surface area contributed by atoms with Crippen molar-refractivity contribution in [3.8, 4) is 0 Å². The second-order valence-electron chi connectivity index (χ2n) is 5.89. The number of unbranched alkanes of at least 4 members (excludes halogenated alkanes) is 1. The Morgan fingerprint density at radius 2 is 0.852 bits per heavy atom. The van der Waals surface area contributed by atoms with Crippen molar-refractivity contribution in [3.05, 3.63) is 0 Å². The van der Waals surface area contributed by atoms with Crippen LogP contribution in [0.5, 0.6) is 0 Å². The molecule has 0 rings (SSSR count). The fraction of sp³-hybridized carbons (Fsp3) is 1.00. The summed E-state index contributed by atoms with van der Waals surface area (Å²) in [6.07, 6.45) is 3.12. The summed E-state index contributed by atoms with van der Waals surface area (Å²) < 4.78 is 39.4. The largest absolute Gasteiger partial charge is 0.501 e. The van der Waals surface area contributed by atoms with Gasteiger partial charge in [-0.05, 0) is 33.6 Å². The number of rotatable bonds is 22. The molecule has 0 spiro atoms. The standard InChI is InChI=1S/C19H42O7Si/c1-5-9-11-20-13-15-22-17-18-23-16-14-21-12-10-19-27(24-6-2,25-7-3)26-8-4/h5-19H2,1-4H3. The lowest BCUT2D eigenvalue weighted by Gasteiger charge is -2.28. The molecule has 0 saturated carbocycles. The van der Waals surface area contributed by atoms with Gasteiger partial charge in [-0.3, -0.25) is 0 Å². The average molecular weight is 411 g/mol. The molecule has 0 saturated heterocycles. The number of hydrogen-bond acceptors (Lipinski definition) is 7. The second kappa shape index (κ2) is 20.7. The molecule has 8 heteroatoms. The molecule has 0 N–H and O–H groups in total. The molecule has 0 aromatic carbocycles. The minimum absolute atomic E-state index is 0.571. The number of hydrogen-bond donors (Lipinski definition) is 0. The molecule has 0 aromatic rings. The van der Waals surface area contributed by atoms with Gasteiger partial charge in [0.15, 0.2) is 0 Å². The molecule has 27 heavy (non-hydrogen) atoms. The van der Waals surface area contributed by atoms with Crippen LogP contribution in [0, 0.1) is 0 Å². The van der Waals surface area contributed by atoms with Crippen molar-refractivity contribution in [2.24, 2.45) is 0 Å². The molecule has 0 amide bonds. The Hall–Kier alpha value is -0.0631. The highest BCUT2D eigenvalue weighted by Crippen LogP contribution is 2.18. The lowest BCUT2D eigenvalue weighted by Crippen LogP contribution is -2.46. The summed E-state index contributed by atoms with van der Waals surface area (Å²) in [6.45, 7) is 14.9. The summed E-state index contributed by atoms with van der Waals surface area (Å²) in [4.78, 5) is 0. The van der Waals surface area contributed by atoms with Crippen molar-refractivity contribution >= 4 is 8.80 Å². The molecule has 0 bridgehead atoms. The van der Waals surface area contributed by atoms with Crippen LogP contribution in [0.15, 0.2) is 0 Å². The third-order valence-electron chi connectivity index (χ3n) is 3.62. The van der Waals surface area contributed by atoms with Gasteiger partial charge < -0.3 is 32.2 Å². The summed E-state index contributed by atoms with van der Waals surface area (Å²) in [7, 11) is -2.54. The fourth-order valence-corrected chi connectivity index (χ4v) is 4.98. The molecule has 0 aliphatic heterocycles. The van der Waals surface area contributed by atoms with Gasteiger partial charge >= 0.3 is 8.80 Å². The molecule has 0 unspecified atom stereocenters. The smallest absolute Gasteiger partial charge is 0.379 e. The molecule has 7 nitrogen and oxygen atoms in total. The Kier molecular flexibility index (Phi) is 20.6. The van der Waals surface area contributed by atoms with Gasteiger partial charge in [-0.25, -0.2) is 0 Å². The first-order valence-electron chi connectivity index (χ1n) is 10.5. The zero-order valence-corrected chi connectivity index (χ0v) is 19.0. The van der Waals surface area contributed by atoms with E-state index in [0.29, 0.717) is 66.1 Å². The minimum Gasteiger partial charge on any atom is -0.379 e. The molecule has 0 aromatic heterocycles. The van der Waals surface area contributed by atoms with E-state index in [4.69, 9.17) is 32.2 Å². The van der Waals surface area contributed by atoms with Gasteiger partial charge in [0, 0.05) is 39.1 Å². The summed E-state index contributed by atoms with van der Waals surface area (Å²) >= 11 is 0. The molecule has 0 heterocycles. The summed E-state index contributed by atoms with van der Waals surface area (Å²) in [6, 6.07) is 0.775. The first kappa shape index (κ1) is 26.9. The molecule has 0 aliphatic rings. The Morgan fingerprint density at radius 1 is 0.481 bits per heavy atom. The zero-order valence-electron chi connectivity index (χ0n) is 18.0. The van der Waals surface area contributed by atoms with Gasteiger partial charge in [-0.2, -0.15) is 0 Å². The van der Waals surface area contributed by atoms with Gasteiger partial charge in [0.25, 0.3) is 0 Å². The van der Waals surface area contributed by atoms with Crippen LogP contribution in [0.25, 0.3) is 0 Å². The van der Waals surface area contributed by atoms with Crippen molar-refractivity contribution in [1.29, 1.82) is 0 Å². The second-order valence-corrected chi connectivity index (χ2v) is 8.62. The maximum Gasteiger partial charge on any atom is 0.501 e. The van der Waals surface area contributed by atoms with Crippen molar-refractivity contribution in [1.82, 2.24) is 0 Å². The van der Waals surface area contributed by atoms with Crippen LogP contribution in [0.2, 0.25) is 6.04 Å². The quantitative estimate of drug-likeness (QED) is 0.200. The van der Waals surface area contributed by atoms with Gasteiger partial charge in [0.2, 0.25) is 0 Å². The van der Waals surface area contributed by atoms with Gasteiger partial charge in [-0.1, -0.05) is 13.3 Å². The van der Waals surface area contributed by atoms with E-state index in [1.54, 1.807) is 0 Å². The van der Waals surface area contributed by atoms with E-state index in [2.05, 4.69) is 6.92 Å². The molecular weight excluding hydrogens is 368 g/mol. The molecule has 0 atom stereocenters. The summed E-state index contributed by atoms with van der Waals surface area (Å²) in [5, 5.41) is 0. The highest BCUT2D eigenvalue weighted by molar-refractivity contribution is 6.60. The normalized spacial score (nSPS) is 12.0.